The Kier molecular flexibility index (Phi) is 5.60. The van der Waals surface area contributed by atoms with Crippen LogP contribution in [0.5, 0.6) is 0 Å². The summed E-state index contributed by atoms with van der Waals surface area (Å²) in [6, 6.07) is 5.91. The smallest absolute Gasteiger partial charge is 0.307 e. The van der Waals surface area contributed by atoms with Crippen molar-refractivity contribution in [1.82, 2.24) is 5.32 Å². The van der Waals surface area contributed by atoms with Crippen LogP contribution in [-0.4, -0.2) is 17.0 Å². The highest BCUT2D eigenvalue weighted by Gasteiger charge is 2.35. The monoisotopic (exact) mass is 317 g/mol. The largest absolute Gasteiger partial charge is 0.416 e. The van der Waals surface area contributed by atoms with E-state index in [1.165, 1.54) is 6.07 Å². The third kappa shape index (κ3) is 4.39. The molecule has 1 aliphatic rings. The van der Waals surface area contributed by atoms with Crippen LogP contribution in [0.15, 0.2) is 24.3 Å². The highest BCUT2D eigenvalue weighted by atomic mass is 32.2. The lowest BCUT2D eigenvalue weighted by Gasteiger charge is -2.23. The quantitative estimate of drug-likeness (QED) is 0.817. The number of benzene rings is 1. The summed E-state index contributed by atoms with van der Waals surface area (Å²) in [6.45, 7) is 3.97. The molecule has 0 bridgehead atoms. The SMILES string of the molecule is CCSC1CCC(NC(C)c2ccccc2C(F)(F)F)C1. The minimum atomic E-state index is -4.29. The Morgan fingerprint density at radius 2 is 2.00 bits per heavy atom. The van der Waals surface area contributed by atoms with Gasteiger partial charge in [0.25, 0.3) is 0 Å². The Labute approximate surface area is 128 Å². The third-order valence-electron chi connectivity index (χ3n) is 4.01. The van der Waals surface area contributed by atoms with Crippen molar-refractivity contribution >= 4 is 11.8 Å². The number of hydrogen-bond acceptors (Lipinski definition) is 2. The second-order valence-electron chi connectivity index (χ2n) is 5.56. The highest BCUT2D eigenvalue weighted by Crippen LogP contribution is 2.36. The number of halogens is 3. The third-order valence-corrected chi connectivity index (χ3v) is 5.24. The number of thioether (sulfide) groups is 1. The van der Waals surface area contributed by atoms with Crippen molar-refractivity contribution in [3.05, 3.63) is 35.4 Å². The van der Waals surface area contributed by atoms with Crippen molar-refractivity contribution in [2.24, 2.45) is 0 Å². The Balaban J connectivity index is 2.03. The van der Waals surface area contributed by atoms with Gasteiger partial charge in [-0.2, -0.15) is 24.9 Å². The normalized spacial score (nSPS) is 24.2. The van der Waals surface area contributed by atoms with Gasteiger partial charge in [0.1, 0.15) is 0 Å². The molecule has 0 aromatic heterocycles. The fraction of sp³-hybridized carbons (Fsp3) is 0.625. The summed E-state index contributed by atoms with van der Waals surface area (Å²) in [5.41, 5.74) is -0.181. The van der Waals surface area contributed by atoms with Crippen LogP contribution < -0.4 is 5.32 Å². The lowest BCUT2D eigenvalue weighted by atomic mass is 10.00. The maximum absolute atomic E-state index is 13.1. The molecule has 1 saturated carbocycles. The zero-order chi connectivity index (χ0) is 15.5. The Morgan fingerprint density at radius 1 is 1.29 bits per heavy atom. The predicted molar refractivity (Wildman–Crippen MR) is 82.6 cm³/mol. The van der Waals surface area contributed by atoms with Gasteiger partial charge in [0.05, 0.1) is 5.56 Å². The fourth-order valence-corrected chi connectivity index (χ4v) is 4.20. The van der Waals surface area contributed by atoms with Crippen molar-refractivity contribution in [3.63, 3.8) is 0 Å². The maximum atomic E-state index is 13.1. The van der Waals surface area contributed by atoms with Crippen LogP contribution in [0, 0.1) is 0 Å². The lowest BCUT2D eigenvalue weighted by Crippen LogP contribution is -2.30. The Morgan fingerprint density at radius 3 is 2.67 bits per heavy atom. The molecule has 0 spiro atoms. The van der Waals surface area contributed by atoms with E-state index in [0.717, 1.165) is 31.1 Å². The molecule has 1 fully saturated rings. The zero-order valence-corrected chi connectivity index (χ0v) is 13.2. The van der Waals surface area contributed by atoms with Crippen molar-refractivity contribution < 1.29 is 13.2 Å². The van der Waals surface area contributed by atoms with Crippen LogP contribution in [0.3, 0.4) is 0 Å². The summed E-state index contributed by atoms with van der Waals surface area (Å²) in [6.07, 6.45) is -1.03. The highest BCUT2D eigenvalue weighted by molar-refractivity contribution is 7.99. The van der Waals surface area contributed by atoms with E-state index in [1.54, 1.807) is 12.1 Å². The van der Waals surface area contributed by atoms with Crippen LogP contribution in [0.1, 0.15) is 50.3 Å². The molecule has 3 unspecified atom stereocenters. The van der Waals surface area contributed by atoms with E-state index in [2.05, 4.69) is 12.2 Å². The standard InChI is InChI=1S/C16H22F3NS/c1-3-21-13-9-8-12(10-13)20-11(2)14-6-4-5-7-15(14)16(17,18)19/h4-7,11-13,20H,3,8-10H2,1-2H3. The Bertz CT molecular complexity index is 461. The van der Waals surface area contributed by atoms with E-state index in [0.29, 0.717) is 16.9 Å². The van der Waals surface area contributed by atoms with Crippen LogP contribution in [0.25, 0.3) is 0 Å². The van der Waals surface area contributed by atoms with E-state index in [1.807, 2.05) is 18.7 Å². The number of alkyl halides is 3. The maximum Gasteiger partial charge on any atom is 0.416 e. The van der Waals surface area contributed by atoms with Crippen LogP contribution in [-0.2, 0) is 6.18 Å². The molecule has 3 atom stereocenters. The topological polar surface area (TPSA) is 12.0 Å². The van der Waals surface area contributed by atoms with Crippen molar-refractivity contribution in [3.8, 4) is 0 Å². The summed E-state index contributed by atoms with van der Waals surface area (Å²) in [4.78, 5) is 0. The molecule has 0 heterocycles. The summed E-state index contributed by atoms with van der Waals surface area (Å²) < 4.78 is 39.2. The molecule has 0 aliphatic heterocycles. The lowest BCUT2D eigenvalue weighted by molar-refractivity contribution is -0.138. The first-order chi connectivity index (χ1) is 9.91. The number of rotatable bonds is 5. The van der Waals surface area contributed by atoms with Gasteiger partial charge in [0, 0.05) is 17.3 Å². The molecule has 0 saturated heterocycles. The number of nitrogens with one attached hydrogen (secondary N) is 1. The van der Waals surface area contributed by atoms with Crippen LogP contribution in [0.4, 0.5) is 13.2 Å². The second-order valence-corrected chi connectivity index (χ2v) is 7.14. The molecule has 1 N–H and O–H groups in total. The molecular formula is C16H22F3NS. The molecule has 1 aromatic carbocycles. The van der Waals surface area contributed by atoms with Crippen molar-refractivity contribution in [1.29, 1.82) is 0 Å². The van der Waals surface area contributed by atoms with Crippen molar-refractivity contribution in [2.75, 3.05) is 5.75 Å². The van der Waals surface area contributed by atoms with Gasteiger partial charge < -0.3 is 5.32 Å². The molecular weight excluding hydrogens is 295 g/mol. The molecule has 1 aromatic rings. The van der Waals surface area contributed by atoms with Crippen LogP contribution in [0.2, 0.25) is 0 Å². The zero-order valence-electron chi connectivity index (χ0n) is 12.4. The van der Waals surface area contributed by atoms with E-state index >= 15 is 0 Å². The first kappa shape index (κ1) is 16.7. The molecule has 118 valence electrons. The summed E-state index contributed by atoms with van der Waals surface area (Å²) >= 11 is 1.95. The molecule has 0 amide bonds. The summed E-state index contributed by atoms with van der Waals surface area (Å²) in [5.74, 6) is 1.10. The Hall–Kier alpha value is -0.680. The molecule has 1 aliphatic carbocycles. The average Bonchev–Trinajstić information content (AvgIpc) is 2.85. The molecule has 5 heteroatoms. The molecule has 1 nitrogen and oxygen atoms in total. The summed E-state index contributed by atoms with van der Waals surface area (Å²) in [7, 11) is 0. The van der Waals surface area contributed by atoms with Gasteiger partial charge in [0.15, 0.2) is 0 Å². The average molecular weight is 317 g/mol. The van der Waals surface area contributed by atoms with Gasteiger partial charge in [-0.3, -0.25) is 0 Å². The fourth-order valence-electron chi connectivity index (χ4n) is 3.05. The predicted octanol–water partition coefficient (Wildman–Crippen LogP) is 5.03. The molecule has 0 radical (unpaired) electrons. The first-order valence-corrected chi connectivity index (χ1v) is 8.50. The van der Waals surface area contributed by atoms with Crippen molar-refractivity contribution in [2.45, 2.75) is 56.6 Å². The minimum absolute atomic E-state index is 0.279. The van der Waals surface area contributed by atoms with Gasteiger partial charge in [-0.15, -0.1) is 0 Å². The summed E-state index contributed by atoms with van der Waals surface area (Å²) in [5, 5.41) is 4.03. The van der Waals surface area contributed by atoms with Gasteiger partial charge in [-0.1, -0.05) is 25.1 Å². The van der Waals surface area contributed by atoms with E-state index in [9.17, 15) is 13.2 Å². The van der Waals surface area contributed by atoms with Gasteiger partial charge >= 0.3 is 6.18 Å². The van der Waals surface area contributed by atoms with Crippen LogP contribution >= 0.6 is 11.8 Å². The van der Waals surface area contributed by atoms with Gasteiger partial charge in [-0.05, 0) is 43.6 Å². The number of hydrogen-bond donors (Lipinski definition) is 1. The second kappa shape index (κ2) is 7.05. The molecule has 21 heavy (non-hydrogen) atoms. The first-order valence-electron chi connectivity index (χ1n) is 7.45. The van der Waals surface area contributed by atoms with E-state index < -0.39 is 11.7 Å². The van der Waals surface area contributed by atoms with E-state index in [4.69, 9.17) is 0 Å². The van der Waals surface area contributed by atoms with Gasteiger partial charge in [-0.25, -0.2) is 0 Å². The van der Waals surface area contributed by atoms with Gasteiger partial charge in [0.2, 0.25) is 0 Å². The molecule has 2 rings (SSSR count). The van der Waals surface area contributed by atoms with E-state index in [-0.39, 0.29) is 6.04 Å². The minimum Gasteiger partial charge on any atom is -0.307 e.